The van der Waals surface area contributed by atoms with Crippen LogP contribution >= 0.6 is 0 Å². The van der Waals surface area contributed by atoms with E-state index in [1.807, 2.05) is 34.9 Å². The first-order valence-electron chi connectivity index (χ1n) is 9.46. The van der Waals surface area contributed by atoms with Gasteiger partial charge in [0, 0.05) is 23.0 Å². The van der Waals surface area contributed by atoms with Crippen molar-refractivity contribution in [3.05, 3.63) is 66.3 Å². The van der Waals surface area contributed by atoms with Crippen LogP contribution in [0.4, 0.5) is 10.1 Å². The minimum atomic E-state index is -0.404. The van der Waals surface area contributed by atoms with E-state index in [4.69, 9.17) is 4.42 Å². The smallest absolute Gasteiger partial charge is 0.264 e. The highest BCUT2D eigenvalue weighted by molar-refractivity contribution is 5.93. The average molecular weight is 392 g/mol. The normalized spacial score (nSPS) is 11.3. The summed E-state index contributed by atoms with van der Waals surface area (Å²) in [6.07, 6.45) is 0.688. The van der Waals surface area contributed by atoms with Crippen molar-refractivity contribution >= 4 is 22.5 Å². The van der Waals surface area contributed by atoms with E-state index in [1.54, 1.807) is 12.1 Å². The highest BCUT2D eigenvalue weighted by atomic mass is 19.1. The molecule has 7 heteroatoms. The van der Waals surface area contributed by atoms with E-state index >= 15 is 0 Å². The number of para-hydroxylation sites is 1. The van der Waals surface area contributed by atoms with Crippen molar-refractivity contribution in [2.75, 3.05) is 5.32 Å². The second-order valence-corrected chi connectivity index (χ2v) is 7.33. The van der Waals surface area contributed by atoms with E-state index in [0.29, 0.717) is 35.5 Å². The average Bonchev–Trinajstić information content (AvgIpc) is 3.26. The predicted octanol–water partition coefficient (Wildman–Crippen LogP) is 4.67. The molecule has 2 heterocycles. The Kier molecular flexibility index (Phi) is 5.12. The summed E-state index contributed by atoms with van der Waals surface area (Å²) in [6, 6.07) is 15.5. The number of nitrogens with one attached hydrogen (secondary N) is 1. The van der Waals surface area contributed by atoms with Crippen LogP contribution in [0.1, 0.15) is 19.7 Å². The van der Waals surface area contributed by atoms with Gasteiger partial charge in [-0.1, -0.05) is 38.1 Å². The zero-order chi connectivity index (χ0) is 20.4. The molecular formula is C22H21FN4O2. The summed E-state index contributed by atoms with van der Waals surface area (Å²) in [7, 11) is 0. The lowest BCUT2D eigenvalue weighted by Crippen LogP contribution is -2.19. The van der Waals surface area contributed by atoms with Gasteiger partial charge in [-0.15, -0.1) is 10.2 Å². The number of fused-ring (bicyclic) bond motifs is 1. The fourth-order valence-corrected chi connectivity index (χ4v) is 3.26. The molecule has 0 spiro atoms. The maximum Gasteiger partial charge on any atom is 0.264 e. The standard InChI is InChI=1S/C22H21FN4O2/c1-14(2)10-21-25-26-22(29-21)19-11-15-6-3-4-9-18(15)27(19)13-20(28)24-17-8-5-7-16(23)12-17/h3-9,11-12,14H,10,13H2,1-2H3,(H,24,28). The van der Waals surface area contributed by atoms with Crippen molar-refractivity contribution in [2.24, 2.45) is 5.92 Å². The van der Waals surface area contributed by atoms with Gasteiger partial charge in [0.1, 0.15) is 18.1 Å². The Morgan fingerprint density at radius 2 is 1.97 bits per heavy atom. The number of carbonyl (C=O) groups is 1. The topological polar surface area (TPSA) is 73.0 Å². The molecule has 6 nitrogen and oxygen atoms in total. The number of hydrogen-bond donors (Lipinski definition) is 1. The molecule has 0 saturated heterocycles. The maximum absolute atomic E-state index is 13.4. The van der Waals surface area contributed by atoms with Crippen molar-refractivity contribution in [1.82, 2.24) is 14.8 Å². The minimum Gasteiger partial charge on any atom is -0.419 e. The third-order valence-corrected chi connectivity index (χ3v) is 4.49. The molecule has 0 bridgehead atoms. The number of rotatable bonds is 6. The van der Waals surface area contributed by atoms with E-state index < -0.39 is 5.82 Å². The molecular weight excluding hydrogens is 371 g/mol. The van der Waals surface area contributed by atoms with Gasteiger partial charge in [0.25, 0.3) is 5.89 Å². The van der Waals surface area contributed by atoms with Crippen LogP contribution in [0.3, 0.4) is 0 Å². The first kappa shape index (κ1) is 18.9. The Balaban J connectivity index is 1.66. The molecule has 29 heavy (non-hydrogen) atoms. The minimum absolute atomic E-state index is 0.0290. The second-order valence-electron chi connectivity index (χ2n) is 7.33. The maximum atomic E-state index is 13.4. The zero-order valence-corrected chi connectivity index (χ0v) is 16.2. The second kappa shape index (κ2) is 7.87. The fourth-order valence-electron chi connectivity index (χ4n) is 3.26. The third-order valence-electron chi connectivity index (χ3n) is 4.49. The lowest BCUT2D eigenvalue weighted by molar-refractivity contribution is -0.116. The summed E-state index contributed by atoms with van der Waals surface area (Å²) in [5, 5.41) is 12.0. The van der Waals surface area contributed by atoms with Crippen molar-refractivity contribution < 1.29 is 13.6 Å². The largest absolute Gasteiger partial charge is 0.419 e. The highest BCUT2D eigenvalue weighted by Gasteiger charge is 2.18. The summed E-state index contributed by atoms with van der Waals surface area (Å²) in [4.78, 5) is 12.6. The van der Waals surface area contributed by atoms with Crippen LogP contribution in [0.25, 0.3) is 22.5 Å². The van der Waals surface area contributed by atoms with Crippen LogP contribution in [0.2, 0.25) is 0 Å². The first-order chi connectivity index (χ1) is 14.0. The van der Waals surface area contributed by atoms with Gasteiger partial charge in [-0.25, -0.2) is 4.39 Å². The molecule has 2 aromatic heterocycles. The molecule has 4 rings (SSSR count). The van der Waals surface area contributed by atoms with Gasteiger partial charge in [0.2, 0.25) is 11.8 Å². The Hall–Kier alpha value is -3.48. The molecule has 1 N–H and O–H groups in total. The van der Waals surface area contributed by atoms with Gasteiger partial charge in [0.15, 0.2) is 0 Å². The summed E-state index contributed by atoms with van der Waals surface area (Å²) in [5.41, 5.74) is 1.95. The van der Waals surface area contributed by atoms with Crippen LogP contribution in [0.15, 0.2) is 59.0 Å². The van der Waals surface area contributed by atoms with Gasteiger partial charge >= 0.3 is 0 Å². The summed E-state index contributed by atoms with van der Waals surface area (Å²) < 4.78 is 21.1. The lowest BCUT2D eigenvalue weighted by atomic mass is 10.1. The number of nitrogens with zero attached hydrogens (tertiary/aromatic N) is 3. The van der Waals surface area contributed by atoms with Crippen LogP contribution in [-0.2, 0) is 17.8 Å². The molecule has 0 unspecified atom stereocenters. The van der Waals surface area contributed by atoms with Crippen LogP contribution in [0, 0.1) is 11.7 Å². The monoisotopic (exact) mass is 392 g/mol. The zero-order valence-electron chi connectivity index (χ0n) is 16.2. The Morgan fingerprint density at radius 3 is 2.76 bits per heavy atom. The number of benzene rings is 2. The van der Waals surface area contributed by atoms with Crippen molar-refractivity contribution in [2.45, 2.75) is 26.8 Å². The van der Waals surface area contributed by atoms with Crippen LogP contribution in [0.5, 0.6) is 0 Å². The quantitative estimate of drug-likeness (QED) is 0.518. The summed E-state index contributed by atoms with van der Waals surface area (Å²) in [5.74, 6) is 0.649. The van der Waals surface area contributed by atoms with Crippen LogP contribution in [-0.4, -0.2) is 20.7 Å². The first-order valence-corrected chi connectivity index (χ1v) is 9.46. The number of amides is 1. The number of aromatic nitrogens is 3. The number of halogens is 1. The van der Waals surface area contributed by atoms with E-state index in [-0.39, 0.29) is 12.5 Å². The molecule has 0 saturated carbocycles. The van der Waals surface area contributed by atoms with Crippen molar-refractivity contribution in [3.8, 4) is 11.6 Å². The SMILES string of the molecule is CC(C)Cc1nnc(-c2cc3ccccc3n2CC(=O)Nc2cccc(F)c2)o1. The van der Waals surface area contributed by atoms with Gasteiger partial charge in [-0.05, 0) is 36.2 Å². The lowest BCUT2D eigenvalue weighted by Gasteiger charge is -2.10. The third kappa shape index (κ3) is 4.18. The number of carbonyl (C=O) groups excluding carboxylic acids is 1. The molecule has 0 aliphatic carbocycles. The molecule has 0 aliphatic heterocycles. The van der Waals surface area contributed by atoms with E-state index in [2.05, 4.69) is 29.4 Å². The van der Waals surface area contributed by atoms with Gasteiger partial charge in [-0.2, -0.15) is 0 Å². The van der Waals surface area contributed by atoms with Gasteiger partial charge in [-0.3, -0.25) is 4.79 Å². The molecule has 2 aromatic carbocycles. The fraction of sp³-hybridized carbons (Fsp3) is 0.227. The van der Waals surface area contributed by atoms with E-state index in [1.165, 1.54) is 12.1 Å². The van der Waals surface area contributed by atoms with Crippen molar-refractivity contribution in [1.29, 1.82) is 0 Å². The highest BCUT2D eigenvalue weighted by Crippen LogP contribution is 2.28. The molecule has 0 aliphatic rings. The van der Waals surface area contributed by atoms with Gasteiger partial charge < -0.3 is 14.3 Å². The molecule has 0 atom stereocenters. The molecule has 4 aromatic rings. The summed E-state index contributed by atoms with van der Waals surface area (Å²) in [6.45, 7) is 4.19. The predicted molar refractivity (Wildman–Crippen MR) is 109 cm³/mol. The molecule has 1 amide bonds. The number of anilines is 1. The van der Waals surface area contributed by atoms with Crippen molar-refractivity contribution in [3.63, 3.8) is 0 Å². The summed E-state index contributed by atoms with van der Waals surface area (Å²) >= 11 is 0. The van der Waals surface area contributed by atoms with Crippen LogP contribution < -0.4 is 5.32 Å². The molecule has 0 radical (unpaired) electrons. The van der Waals surface area contributed by atoms with E-state index in [9.17, 15) is 9.18 Å². The van der Waals surface area contributed by atoms with E-state index in [0.717, 1.165) is 10.9 Å². The molecule has 0 fully saturated rings. The van der Waals surface area contributed by atoms with Gasteiger partial charge in [0.05, 0.1) is 0 Å². The Labute approximate surface area is 167 Å². The Morgan fingerprint density at radius 1 is 1.14 bits per heavy atom. The number of hydrogen-bond acceptors (Lipinski definition) is 4. The molecule has 148 valence electrons. The Bertz CT molecular complexity index is 1160.